The summed E-state index contributed by atoms with van der Waals surface area (Å²) >= 11 is 1.21. The maximum atomic E-state index is 11.9. The highest BCUT2D eigenvalue weighted by atomic mass is 32.1. The van der Waals surface area contributed by atoms with Crippen molar-refractivity contribution in [3.8, 4) is 0 Å². The average molecular weight is 306 g/mol. The molecule has 7 heteroatoms. The Labute approximate surface area is 126 Å². The van der Waals surface area contributed by atoms with Gasteiger partial charge in [0.1, 0.15) is 5.82 Å². The molecule has 1 aromatic rings. The topological polar surface area (TPSA) is 87.1 Å². The number of rotatable bonds is 4. The van der Waals surface area contributed by atoms with Gasteiger partial charge in [-0.1, -0.05) is 12.2 Å². The molecule has 6 nitrogen and oxygen atoms in total. The highest BCUT2D eigenvalue weighted by molar-refractivity contribution is 7.09. The van der Waals surface area contributed by atoms with Crippen LogP contribution < -0.4 is 10.6 Å². The molecule has 3 aliphatic rings. The van der Waals surface area contributed by atoms with Gasteiger partial charge in [-0.05, 0) is 31.6 Å². The van der Waals surface area contributed by atoms with Crippen molar-refractivity contribution >= 4 is 22.7 Å². The number of aliphatic hydroxyl groups is 1. The van der Waals surface area contributed by atoms with Crippen LogP contribution in [0.25, 0.3) is 0 Å². The van der Waals surface area contributed by atoms with Crippen LogP contribution in [0.5, 0.6) is 0 Å². The van der Waals surface area contributed by atoms with Crippen molar-refractivity contribution in [1.29, 1.82) is 0 Å². The first-order valence-corrected chi connectivity index (χ1v) is 8.19. The number of aromatic nitrogens is 2. The van der Waals surface area contributed by atoms with Crippen LogP contribution in [0.15, 0.2) is 12.2 Å². The zero-order valence-electron chi connectivity index (χ0n) is 11.6. The van der Waals surface area contributed by atoms with Gasteiger partial charge < -0.3 is 10.4 Å². The van der Waals surface area contributed by atoms with E-state index in [1.807, 2.05) is 0 Å². The molecule has 0 radical (unpaired) electrons. The molecule has 0 aliphatic heterocycles. The van der Waals surface area contributed by atoms with Crippen LogP contribution in [0.4, 0.5) is 9.93 Å². The van der Waals surface area contributed by atoms with E-state index in [1.54, 1.807) is 0 Å². The number of nitrogens with zero attached hydrogens (tertiary/aromatic N) is 2. The fourth-order valence-electron chi connectivity index (χ4n) is 3.30. The molecule has 3 atom stereocenters. The molecular weight excluding hydrogens is 288 g/mol. The Morgan fingerprint density at radius 1 is 1.48 bits per heavy atom. The molecule has 4 rings (SSSR count). The quantitative estimate of drug-likeness (QED) is 0.741. The van der Waals surface area contributed by atoms with Gasteiger partial charge in [0.25, 0.3) is 0 Å². The van der Waals surface area contributed by atoms with E-state index >= 15 is 0 Å². The Morgan fingerprint density at radius 2 is 2.33 bits per heavy atom. The lowest BCUT2D eigenvalue weighted by atomic mass is 9.88. The summed E-state index contributed by atoms with van der Waals surface area (Å²) in [6.45, 7) is 0.276. The van der Waals surface area contributed by atoms with E-state index in [-0.39, 0.29) is 18.5 Å². The number of carbonyl (C=O) groups excluding carboxylic acids is 1. The van der Waals surface area contributed by atoms with Crippen LogP contribution in [0.1, 0.15) is 37.4 Å². The summed E-state index contributed by atoms with van der Waals surface area (Å²) in [6, 6.07) is -0.325. The van der Waals surface area contributed by atoms with E-state index in [0.29, 0.717) is 17.0 Å². The second-order valence-corrected chi connectivity index (χ2v) is 7.09. The Bertz CT molecular complexity index is 598. The van der Waals surface area contributed by atoms with E-state index in [0.717, 1.165) is 31.5 Å². The lowest BCUT2D eigenvalue weighted by Crippen LogP contribution is -2.46. The van der Waals surface area contributed by atoms with E-state index < -0.39 is 5.60 Å². The Hall–Kier alpha value is -1.47. The number of anilines is 1. The van der Waals surface area contributed by atoms with Gasteiger partial charge in [0, 0.05) is 29.9 Å². The van der Waals surface area contributed by atoms with Gasteiger partial charge in [-0.25, -0.2) is 9.78 Å². The smallest absolute Gasteiger partial charge is 0.321 e. The minimum atomic E-state index is -0.795. The minimum Gasteiger partial charge on any atom is -0.387 e. The van der Waals surface area contributed by atoms with Crippen molar-refractivity contribution in [3.63, 3.8) is 0 Å². The standard InChI is InChI=1S/C14H18N4O2S/c19-12(17-13-16-11(18-21-13)9-2-3-9)15-7-14(20)6-8-1-4-10(14)5-8/h1,4,8-10,20H,2-3,5-7H2,(H2,15,16,17,18,19)/t8-,10+,14-/m1/s1. The second kappa shape index (κ2) is 4.78. The predicted octanol–water partition coefficient (Wildman–Crippen LogP) is 1.86. The lowest BCUT2D eigenvalue weighted by molar-refractivity contribution is 0.0183. The van der Waals surface area contributed by atoms with Crippen molar-refractivity contribution in [1.82, 2.24) is 14.7 Å². The number of fused-ring (bicyclic) bond motifs is 2. The third-order valence-electron chi connectivity index (χ3n) is 4.64. The maximum Gasteiger partial charge on any atom is 0.321 e. The van der Waals surface area contributed by atoms with Gasteiger partial charge >= 0.3 is 6.03 Å². The third-order valence-corrected chi connectivity index (χ3v) is 5.28. The number of carbonyl (C=O) groups is 1. The highest BCUT2D eigenvalue weighted by Gasteiger charge is 2.47. The van der Waals surface area contributed by atoms with Crippen molar-refractivity contribution in [2.24, 2.45) is 11.8 Å². The van der Waals surface area contributed by atoms with Gasteiger partial charge in [-0.15, -0.1) is 0 Å². The van der Waals surface area contributed by atoms with Crippen LogP contribution in [0, 0.1) is 11.8 Å². The normalized spacial score (nSPS) is 33.4. The number of hydrogen-bond donors (Lipinski definition) is 3. The molecule has 112 valence electrons. The van der Waals surface area contributed by atoms with E-state index in [2.05, 4.69) is 32.1 Å². The van der Waals surface area contributed by atoms with Gasteiger partial charge in [0.15, 0.2) is 0 Å². The predicted molar refractivity (Wildman–Crippen MR) is 79.2 cm³/mol. The van der Waals surface area contributed by atoms with Crippen LogP contribution >= 0.6 is 11.5 Å². The third kappa shape index (κ3) is 2.55. The number of hydrogen-bond acceptors (Lipinski definition) is 5. The Morgan fingerprint density at radius 3 is 3.00 bits per heavy atom. The summed E-state index contributed by atoms with van der Waals surface area (Å²) in [5, 5.41) is 16.5. The molecule has 2 amide bonds. The van der Waals surface area contributed by atoms with E-state index in [4.69, 9.17) is 0 Å². The Balaban J connectivity index is 1.30. The second-order valence-electron chi connectivity index (χ2n) is 6.33. The summed E-state index contributed by atoms with van der Waals surface area (Å²) in [7, 11) is 0. The van der Waals surface area contributed by atoms with Crippen molar-refractivity contribution in [3.05, 3.63) is 18.0 Å². The lowest BCUT2D eigenvalue weighted by Gasteiger charge is -2.29. The first-order valence-electron chi connectivity index (χ1n) is 7.41. The first-order chi connectivity index (χ1) is 10.1. The molecule has 3 N–H and O–H groups in total. The molecule has 1 heterocycles. The number of allylic oxidation sites excluding steroid dienone is 1. The monoisotopic (exact) mass is 306 g/mol. The van der Waals surface area contributed by atoms with Gasteiger partial charge in [0.05, 0.1) is 5.60 Å². The first kappa shape index (κ1) is 13.2. The molecule has 2 fully saturated rings. The molecule has 0 aromatic carbocycles. The molecule has 21 heavy (non-hydrogen) atoms. The summed E-state index contributed by atoms with van der Waals surface area (Å²) in [5.41, 5.74) is -0.795. The van der Waals surface area contributed by atoms with E-state index in [9.17, 15) is 9.90 Å². The largest absolute Gasteiger partial charge is 0.387 e. The minimum absolute atomic E-state index is 0.172. The molecule has 2 saturated carbocycles. The maximum absolute atomic E-state index is 11.9. The number of nitrogens with one attached hydrogen (secondary N) is 2. The van der Waals surface area contributed by atoms with Gasteiger partial charge in [-0.2, -0.15) is 4.37 Å². The highest BCUT2D eigenvalue weighted by Crippen LogP contribution is 2.45. The van der Waals surface area contributed by atoms with Gasteiger partial charge in [0.2, 0.25) is 5.13 Å². The number of urea groups is 1. The summed E-state index contributed by atoms with van der Waals surface area (Å²) in [5.74, 6) is 1.97. The fraction of sp³-hybridized carbons (Fsp3) is 0.643. The van der Waals surface area contributed by atoms with Crippen molar-refractivity contribution in [2.45, 2.75) is 37.2 Å². The molecule has 0 saturated heterocycles. The molecular formula is C14H18N4O2S. The average Bonchev–Trinajstić information content (AvgIpc) is 2.90. The molecule has 3 aliphatic carbocycles. The Kier molecular flexibility index (Phi) is 3.00. The van der Waals surface area contributed by atoms with Crippen LogP contribution in [-0.4, -0.2) is 32.6 Å². The SMILES string of the molecule is O=C(NC[C@]1(O)C[C@@H]2C=C[C@H]1C2)Nc1nc(C2CC2)ns1. The van der Waals surface area contributed by atoms with Crippen LogP contribution in [-0.2, 0) is 0 Å². The molecule has 0 spiro atoms. The van der Waals surface area contributed by atoms with Crippen molar-refractivity contribution in [2.75, 3.05) is 11.9 Å². The summed E-state index contributed by atoms with van der Waals surface area (Å²) < 4.78 is 4.24. The molecule has 0 unspecified atom stereocenters. The van der Waals surface area contributed by atoms with E-state index in [1.165, 1.54) is 11.5 Å². The zero-order chi connectivity index (χ0) is 14.4. The van der Waals surface area contributed by atoms with Crippen LogP contribution in [0.2, 0.25) is 0 Å². The summed E-state index contributed by atoms with van der Waals surface area (Å²) in [6.07, 6.45) is 8.26. The fourth-order valence-corrected chi connectivity index (χ4v) is 3.94. The van der Waals surface area contributed by atoms with Gasteiger partial charge in [-0.3, -0.25) is 5.32 Å². The molecule has 1 aromatic heterocycles. The summed E-state index contributed by atoms with van der Waals surface area (Å²) in [4.78, 5) is 16.2. The number of amides is 2. The van der Waals surface area contributed by atoms with Crippen molar-refractivity contribution < 1.29 is 9.90 Å². The molecule has 2 bridgehead atoms. The van der Waals surface area contributed by atoms with Crippen LogP contribution in [0.3, 0.4) is 0 Å². The zero-order valence-corrected chi connectivity index (χ0v) is 12.4.